The van der Waals surface area contributed by atoms with Crippen molar-refractivity contribution >= 4 is 0 Å². The van der Waals surface area contributed by atoms with Crippen LogP contribution in [0.1, 0.15) is 48.9 Å². The summed E-state index contributed by atoms with van der Waals surface area (Å²) in [6, 6.07) is 19.7. The minimum atomic E-state index is 0.300. The van der Waals surface area contributed by atoms with E-state index >= 15 is 0 Å². The van der Waals surface area contributed by atoms with Crippen molar-refractivity contribution < 1.29 is 0 Å². The Morgan fingerprint density at radius 1 is 0.900 bits per heavy atom. The molecule has 106 valence electrons. The minimum Gasteiger partial charge on any atom is -0.306 e. The molecule has 0 aliphatic carbocycles. The first kappa shape index (κ1) is 14.8. The SMILES string of the molecule is CCCCCNC(c1ccccc1)c1ccccc1C. The van der Waals surface area contributed by atoms with Crippen LogP contribution < -0.4 is 5.32 Å². The van der Waals surface area contributed by atoms with Gasteiger partial charge in [0.15, 0.2) is 0 Å². The van der Waals surface area contributed by atoms with Crippen molar-refractivity contribution in [2.75, 3.05) is 6.54 Å². The Balaban J connectivity index is 2.19. The van der Waals surface area contributed by atoms with Crippen LogP contribution in [0, 0.1) is 6.92 Å². The van der Waals surface area contributed by atoms with Crippen molar-refractivity contribution in [3.05, 3.63) is 71.3 Å². The monoisotopic (exact) mass is 267 g/mol. The summed E-state index contributed by atoms with van der Waals surface area (Å²) in [5.74, 6) is 0. The van der Waals surface area contributed by atoms with Gasteiger partial charge in [0.05, 0.1) is 6.04 Å². The Bertz CT molecular complexity index is 504. The van der Waals surface area contributed by atoms with E-state index in [-0.39, 0.29) is 0 Å². The van der Waals surface area contributed by atoms with Gasteiger partial charge in [-0.15, -0.1) is 0 Å². The highest BCUT2D eigenvalue weighted by Crippen LogP contribution is 2.24. The topological polar surface area (TPSA) is 12.0 Å². The fraction of sp³-hybridized carbons (Fsp3) is 0.368. The van der Waals surface area contributed by atoms with Gasteiger partial charge in [0.25, 0.3) is 0 Å². The summed E-state index contributed by atoms with van der Waals surface area (Å²) in [7, 11) is 0. The molecule has 1 nitrogen and oxygen atoms in total. The molecule has 1 atom stereocenters. The molecule has 0 aliphatic heterocycles. The summed E-state index contributed by atoms with van der Waals surface area (Å²) in [5, 5.41) is 3.73. The molecule has 1 unspecified atom stereocenters. The van der Waals surface area contributed by atoms with Crippen molar-refractivity contribution in [1.29, 1.82) is 0 Å². The Morgan fingerprint density at radius 3 is 2.30 bits per heavy atom. The molecule has 20 heavy (non-hydrogen) atoms. The number of nitrogens with one attached hydrogen (secondary N) is 1. The zero-order chi connectivity index (χ0) is 14.2. The van der Waals surface area contributed by atoms with Gasteiger partial charge in [-0.1, -0.05) is 74.4 Å². The van der Waals surface area contributed by atoms with Crippen LogP contribution in [0.25, 0.3) is 0 Å². The first-order valence-corrected chi connectivity index (χ1v) is 7.66. The molecule has 2 aromatic carbocycles. The van der Waals surface area contributed by atoms with E-state index in [1.807, 2.05) is 0 Å². The predicted octanol–water partition coefficient (Wildman–Crippen LogP) is 4.86. The Morgan fingerprint density at radius 2 is 1.60 bits per heavy atom. The molecule has 0 fully saturated rings. The lowest BCUT2D eigenvalue weighted by atomic mass is 9.95. The second-order valence-corrected chi connectivity index (χ2v) is 5.36. The minimum absolute atomic E-state index is 0.300. The van der Waals surface area contributed by atoms with Crippen LogP contribution in [0.15, 0.2) is 54.6 Å². The van der Waals surface area contributed by atoms with E-state index in [0.29, 0.717) is 6.04 Å². The van der Waals surface area contributed by atoms with E-state index < -0.39 is 0 Å². The largest absolute Gasteiger partial charge is 0.306 e. The van der Waals surface area contributed by atoms with E-state index in [0.717, 1.165) is 6.54 Å². The van der Waals surface area contributed by atoms with E-state index in [9.17, 15) is 0 Å². The van der Waals surface area contributed by atoms with Crippen LogP contribution in [0.5, 0.6) is 0 Å². The van der Waals surface area contributed by atoms with Gasteiger partial charge in [0.2, 0.25) is 0 Å². The molecule has 0 saturated heterocycles. The van der Waals surface area contributed by atoms with Gasteiger partial charge in [-0.3, -0.25) is 0 Å². The molecule has 1 heteroatoms. The zero-order valence-corrected chi connectivity index (χ0v) is 12.6. The predicted molar refractivity (Wildman–Crippen MR) is 87.0 cm³/mol. The molecule has 0 aliphatic rings. The molecular formula is C19H25N. The van der Waals surface area contributed by atoms with E-state index in [1.165, 1.54) is 36.0 Å². The van der Waals surface area contributed by atoms with Crippen LogP contribution in [0.2, 0.25) is 0 Å². The molecule has 0 aromatic heterocycles. The highest BCUT2D eigenvalue weighted by atomic mass is 14.9. The number of hydrogen-bond donors (Lipinski definition) is 1. The Kier molecular flexibility index (Phi) is 5.82. The highest BCUT2D eigenvalue weighted by Gasteiger charge is 2.14. The third kappa shape index (κ3) is 3.94. The normalized spacial score (nSPS) is 12.3. The van der Waals surface area contributed by atoms with Crippen LogP contribution in [0.4, 0.5) is 0 Å². The van der Waals surface area contributed by atoms with Crippen LogP contribution in [0.3, 0.4) is 0 Å². The summed E-state index contributed by atoms with van der Waals surface area (Å²) in [4.78, 5) is 0. The first-order valence-electron chi connectivity index (χ1n) is 7.66. The third-order valence-electron chi connectivity index (χ3n) is 3.76. The number of unbranched alkanes of at least 4 members (excludes halogenated alkanes) is 2. The standard InChI is InChI=1S/C19H25N/c1-3-4-10-15-20-19(17-12-6-5-7-13-17)18-14-9-8-11-16(18)2/h5-9,11-14,19-20H,3-4,10,15H2,1-2H3. The number of hydrogen-bond acceptors (Lipinski definition) is 1. The van der Waals surface area contributed by atoms with Crippen molar-refractivity contribution in [2.45, 2.75) is 39.2 Å². The summed E-state index contributed by atoms with van der Waals surface area (Å²) in [5.41, 5.74) is 4.08. The highest BCUT2D eigenvalue weighted by molar-refractivity contribution is 5.36. The average molecular weight is 267 g/mol. The van der Waals surface area contributed by atoms with Gasteiger partial charge < -0.3 is 5.32 Å². The van der Waals surface area contributed by atoms with Crippen LogP contribution >= 0.6 is 0 Å². The molecule has 0 heterocycles. The second kappa shape index (κ2) is 7.86. The van der Waals surface area contributed by atoms with Crippen molar-refractivity contribution in [3.8, 4) is 0 Å². The maximum absolute atomic E-state index is 3.73. The van der Waals surface area contributed by atoms with Crippen LogP contribution in [-0.2, 0) is 0 Å². The molecule has 0 radical (unpaired) electrons. The maximum atomic E-state index is 3.73. The lowest BCUT2D eigenvalue weighted by molar-refractivity contribution is 0.564. The van der Waals surface area contributed by atoms with Crippen molar-refractivity contribution in [3.63, 3.8) is 0 Å². The van der Waals surface area contributed by atoms with Crippen molar-refractivity contribution in [1.82, 2.24) is 5.32 Å². The summed E-state index contributed by atoms with van der Waals surface area (Å²) < 4.78 is 0. The Hall–Kier alpha value is -1.60. The zero-order valence-electron chi connectivity index (χ0n) is 12.6. The molecule has 0 spiro atoms. The van der Waals surface area contributed by atoms with Gasteiger partial charge in [-0.25, -0.2) is 0 Å². The van der Waals surface area contributed by atoms with Gasteiger partial charge >= 0.3 is 0 Å². The molecule has 0 saturated carbocycles. The second-order valence-electron chi connectivity index (χ2n) is 5.36. The quantitative estimate of drug-likeness (QED) is 0.706. The first-order chi connectivity index (χ1) is 9.83. The number of rotatable bonds is 7. The molecular weight excluding hydrogens is 242 g/mol. The van der Waals surface area contributed by atoms with Crippen molar-refractivity contribution in [2.24, 2.45) is 0 Å². The third-order valence-corrected chi connectivity index (χ3v) is 3.76. The number of benzene rings is 2. The Labute approximate surface area is 123 Å². The molecule has 2 rings (SSSR count). The molecule has 2 aromatic rings. The van der Waals surface area contributed by atoms with E-state index in [1.54, 1.807) is 0 Å². The van der Waals surface area contributed by atoms with Gasteiger partial charge in [-0.2, -0.15) is 0 Å². The fourth-order valence-electron chi connectivity index (χ4n) is 2.58. The maximum Gasteiger partial charge on any atom is 0.0579 e. The van der Waals surface area contributed by atoms with Gasteiger partial charge in [-0.05, 0) is 36.6 Å². The smallest absolute Gasteiger partial charge is 0.0579 e. The van der Waals surface area contributed by atoms with Crippen LogP contribution in [-0.4, -0.2) is 6.54 Å². The average Bonchev–Trinajstić information content (AvgIpc) is 2.49. The van der Waals surface area contributed by atoms with Gasteiger partial charge in [0.1, 0.15) is 0 Å². The van der Waals surface area contributed by atoms with Gasteiger partial charge in [0, 0.05) is 0 Å². The lowest BCUT2D eigenvalue weighted by Crippen LogP contribution is -2.24. The summed E-state index contributed by atoms with van der Waals surface area (Å²) in [6.07, 6.45) is 3.80. The van der Waals surface area contributed by atoms with E-state index in [2.05, 4.69) is 73.8 Å². The summed E-state index contributed by atoms with van der Waals surface area (Å²) in [6.45, 7) is 5.51. The number of aryl methyl sites for hydroxylation is 1. The lowest BCUT2D eigenvalue weighted by Gasteiger charge is -2.21. The fourth-order valence-corrected chi connectivity index (χ4v) is 2.58. The molecule has 1 N–H and O–H groups in total. The molecule has 0 amide bonds. The van der Waals surface area contributed by atoms with E-state index in [4.69, 9.17) is 0 Å². The summed E-state index contributed by atoms with van der Waals surface area (Å²) >= 11 is 0. The molecule has 0 bridgehead atoms.